The second-order valence-corrected chi connectivity index (χ2v) is 5.58. The minimum atomic E-state index is -0.238. The molecule has 0 aromatic carbocycles. The molecule has 1 aliphatic rings. The van der Waals surface area contributed by atoms with Crippen LogP contribution in [0.25, 0.3) is 0 Å². The van der Waals surface area contributed by atoms with E-state index in [1.165, 1.54) is 0 Å². The number of hydrogen-bond donors (Lipinski definition) is 3. The summed E-state index contributed by atoms with van der Waals surface area (Å²) in [5.41, 5.74) is 0.977. The van der Waals surface area contributed by atoms with Gasteiger partial charge in [-0.05, 0) is 6.42 Å². The summed E-state index contributed by atoms with van der Waals surface area (Å²) in [6, 6.07) is 1.72. The van der Waals surface area contributed by atoms with E-state index in [0.717, 1.165) is 12.1 Å². The molecule has 6 heteroatoms. The summed E-state index contributed by atoms with van der Waals surface area (Å²) in [5.74, 6) is 0.538. The number of H-pyrrole nitrogens is 1. The Morgan fingerprint density at radius 1 is 1.56 bits per heavy atom. The van der Waals surface area contributed by atoms with Gasteiger partial charge in [-0.3, -0.25) is 10.4 Å². The van der Waals surface area contributed by atoms with Crippen LogP contribution < -0.4 is 10.6 Å². The van der Waals surface area contributed by atoms with Gasteiger partial charge < -0.3 is 10.1 Å². The van der Waals surface area contributed by atoms with Crippen molar-refractivity contribution < 1.29 is 9.53 Å². The molecule has 3 N–H and O–H groups in total. The molecule has 1 unspecified atom stereocenters. The van der Waals surface area contributed by atoms with E-state index in [2.05, 4.69) is 41.6 Å². The lowest BCUT2D eigenvalue weighted by Gasteiger charge is -2.14. The predicted octanol–water partition coefficient (Wildman–Crippen LogP) is 1.62. The van der Waals surface area contributed by atoms with Crippen molar-refractivity contribution in [1.82, 2.24) is 15.5 Å². The van der Waals surface area contributed by atoms with Crippen LogP contribution in [0, 0.1) is 0 Å². The first-order chi connectivity index (χ1) is 8.45. The zero-order chi connectivity index (χ0) is 13.2. The van der Waals surface area contributed by atoms with Crippen LogP contribution in [0.5, 0.6) is 0 Å². The van der Waals surface area contributed by atoms with Crippen molar-refractivity contribution in [3.8, 4) is 0 Å². The molecule has 0 aliphatic carbocycles. The smallest absolute Gasteiger partial charge is 0.320 e. The van der Waals surface area contributed by atoms with Crippen molar-refractivity contribution in [3.05, 3.63) is 11.8 Å². The van der Waals surface area contributed by atoms with Gasteiger partial charge >= 0.3 is 6.03 Å². The molecule has 18 heavy (non-hydrogen) atoms. The minimum Gasteiger partial charge on any atom is -0.379 e. The average molecular weight is 252 g/mol. The van der Waals surface area contributed by atoms with Crippen LogP contribution in [-0.4, -0.2) is 35.5 Å². The van der Waals surface area contributed by atoms with Crippen LogP contribution in [0.4, 0.5) is 10.6 Å². The van der Waals surface area contributed by atoms with Crippen molar-refractivity contribution in [2.75, 3.05) is 18.5 Å². The number of urea groups is 1. The Labute approximate surface area is 106 Å². The van der Waals surface area contributed by atoms with E-state index < -0.39 is 0 Å². The molecule has 100 valence electrons. The Bertz CT molecular complexity index is 416. The van der Waals surface area contributed by atoms with E-state index in [9.17, 15) is 4.79 Å². The molecule has 1 aliphatic heterocycles. The van der Waals surface area contributed by atoms with Gasteiger partial charge in [-0.2, -0.15) is 5.10 Å². The molecule has 0 spiro atoms. The third-order valence-corrected chi connectivity index (χ3v) is 2.89. The molecule has 0 radical (unpaired) electrons. The highest BCUT2D eigenvalue weighted by atomic mass is 16.5. The molecule has 2 heterocycles. The molecule has 2 amide bonds. The zero-order valence-corrected chi connectivity index (χ0v) is 11.0. The summed E-state index contributed by atoms with van der Waals surface area (Å²) in [6.45, 7) is 7.55. The molecule has 1 aromatic heterocycles. The molecular formula is C12H20N4O2. The lowest BCUT2D eigenvalue weighted by Crippen LogP contribution is -2.38. The van der Waals surface area contributed by atoms with E-state index in [-0.39, 0.29) is 17.5 Å². The number of carbonyl (C=O) groups excluding carboxylic acids is 1. The van der Waals surface area contributed by atoms with Crippen molar-refractivity contribution >= 4 is 11.8 Å². The van der Waals surface area contributed by atoms with E-state index in [1.54, 1.807) is 0 Å². The van der Waals surface area contributed by atoms with Gasteiger partial charge in [-0.15, -0.1) is 0 Å². The number of hydrogen-bond acceptors (Lipinski definition) is 3. The second-order valence-electron chi connectivity index (χ2n) is 5.58. The SMILES string of the molecule is CC(C)(C)c1cc(NC(=O)NC2CCOC2)n[nH]1. The van der Waals surface area contributed by atoms with Crippen molar-refractivity contribution in [2.24, 2.45) is 0 Å². The second kappa shape index (κ2) is 4.97. The predicted molar refractivity (Wildman–Crippen MR) is 68.7 cm³/mol. The fourth-order valence-electron chi connectivity index (χ4n) is 1.76. The van der Waals surface area contributed by atoms with Gasteiger partial charge in [0.05, 0.1) is 12.6 Å². The summed E-state index contributed by atoms with van der Waals surface area (Å²) < 4.78 is 5.19. The van der Waals surface area contributed by atoms with Crippen LogP contribution in [0.1, 0.15) is 32.9 Å². The van der Waals surface area contributed by atoms with Crippen LogP contribution in [-0.2, 0) is 10.2 Å². The van der Waals surface area contributed by atoms with Gasteiger partial charge in [-0.25, -0.2) is 4.79 Å². The maximum Gasteiger partial charge on any atom is 0.320 e. The van der Waals surface area contributed by atoms with Gasteiger partial charge in [0.2, 0.25) is 0 Å². The fourth-order valence-corrected chi connectivity index (χ4v) is 1.76. The van der Waals surface area contributed by atoms with Gasteiger partial charge in [0.1, 0.15) is 0 Å². The van der Waals surface area contributed by atoms with Crippen LogP contribution in [0.3, 0.4) is 0 Å². The topological polar surface area (TPSA) is 79.0 Å². The number of carbonyl (C=O) groups is 1. The Kier molecular flexibility index (Phi) is 3.56. The molecular weight excluding hydrogens is 232 g/mol. The van der Waals surface area contributed by atoms with Gasteiger partial charge in [0.25, 0.3) is 0 Å². The van der Waals surface area contributed by atoms with Crippen LogP contribution >= 0.6 is 0 Å². The van der Waals surface area contributed by atoms with Crippen molar-refractivity contribution in [1.29, 1.82) is 0 Å². The summed E-state index contributed by atoms with van der Waals surface area (Å²) in [5, 5.41) is 12.6. The average Bonchev–Trinajstić information content (AvgIpc) is 2.87. The maximum absolute atomic E-state index is 11.7. The molecule has 1 atom stereocenters. The molecule has 1 fully saturated rings. The summed E-state index contributed by atoms with van der Waals surface area (Å²) in [6.07, 6.45) is 0.862. The fraction of sp³-hybridized carbons (Fsp3) is 0.667. The van der Waals surface area contributed by atoms with Gasteiger partial charge in [0, 0.05) is 23.8 Å². The molecule has 0 saturated carbocycles. The largest absolute Gasteiger partial charge is 0.379 e. The number of nitrogens with one attached hydrogen (secondary N) is 3. The number of amides is 2. The van der Waals surface area contributed by atoms with Crippen molar-refractivity contribution in [2.45, 2.75) is 38.6 Å². The Balaban J connectivity index is 1.88. The van der Waals surface area contributed by atoms with E-state index in [4.69, 9.17) is 4.74 Å². The number of aromatic amines is 1. The normalized spacial score (nSPS) is 19.8. The van der Waals surface area contributed by atoms with E-state index in [0.29, 0.717) is 19.0 Å². The van der Waals surface area contributed by atoms with Gasteiger partial charge in [-0.1, -0.05) is 20.8 Å². The monoisotopic (exact) mass is 252 g/mol. The first kappa shape index (κ1) is 12.9. The Hall–Kier alpha value is -1.56. The standard InChI is InChI=1S/C12H20N4O2/c1-12(2,3)9-6-10(16-15-9)14-11(17)13-8-4-5-18-7-8/h6,8H,4-5,7H2,1-3H3,(H3,13,14,15,16,17). The van der Waals surface area contributed by atoms with E-state index >= 15 is 0 Å². The first-order valence-corrected chi connectivity index (χ1v) is 6.16. The highest BCUT2D eigenvalue weighted by Gasteiger charge is 2.20. The number of anilines is 1. The quantitative estimate of drug-likeness (QED) is 0.748. The summed E-state index contributed by atoms with van der Waals surface area (Å²) in [7, 11) is 0. The highest BCUT2D eigenvalue weighted by Crippen LogP contribution is 2.21. The number of rotatable bonds is 2. The van der Waals surface area contributed by atoms with Gasteiger partial charge in [0.15, 0.2) is 5.82 Å². The first-order valence-electron chi connectivity index (χ1n) is 6.16. The Morgan fingerprint density at radius 3 is 2.89 bits per heavy atom. The molecule has 0 bridgehead atoms. The molecule has 1 saturated heterocycles. The lowest BCUT2D eigenvalue weighted by atomic mass is 9.92. The third kappa shape index (κ3) is 3.22. The Morgan fingerprint density at radius 2 is 2.33 bits per heavy atom. The zero-order valence-electron chi connectivity index (χ0n) is 11.0. The van der Waals surface area contributed by atoms with Crippen LogP contribution in [0.15, 0.2) is 6.07 Å². The van der Waals surface area contributed by atoms with E-state index in [1.807, 2.05) is 6.07 Å². The maximum atomic E-state index is 11.7. The third-order valence-electron chi connectivity index (χ3n) is 2.89. The van der Waals surface area contributed by atoms with Crippen LogP contribution in [0.2, 0.25) is 0 Å². The number of aromatic nitrogens is 2. The molecule has 2 rings (SSSR count). The summed E-state index contributed by atoms with van der Waals surface area (Å²) >= 11 is 0. The number of ether oxygens (including phenoxy) is 1. The summed E-state index contributed by atoms with van der Waals surface area (Å²) in [4.78, 5) is 11.7. The van der Waals surface area contributed by atoms with Crippen molar-refractivity contribution in [3.63, 3.8) is 0 Å². The number of nitrogens with zero attached hydrogens (tertiary/aromatic N) is 1. The highest BCUT2D eigenvalue weighted by molar-refractivity contribution is 5.88. The molecule has 1 aromatic rings. The molecule has 6 nitrogen and oxygen atoms in total. The lowest BCUT2D eigenvalue weighted by molar-refractivity contribution is 0.189. The minimum absolute atomic E-state index is 0.0112.